The number of amides is 1. The molecule has 2 aromatic rings. The Labute approximate surface area is 124 Å². The molecule has 2 heterocycles. The van der Waals surface area contributed by atoms with E-state index in [1.54, 1.807) is 25.4 Å². The summed E-state index contributed by atoms with van der Waals surface area (Å²) >= 11 is 0. The molecule has 0 bridgehead atoms. The predicted octanol–water partition coefficient (Wildman–Crippen LogP) is 1.47. The van der Waals surface area contributed by atoms with Crippen LogP contribution in [0.3, 0.4) is 0 Å². The number of nitrogens with zero attached hydrogens (tertiary/aromatic N) is 4. The highest BCUT2D eigenvalue weighted by molar-refractivity contribution is 5.98. The van der Waals surface area contributed by atoms with Gasteiger partial charge in [-0.25, -0.2) is 9.97 Å². The molecule has 6 heteroatoms. The molecule has 0 aliphatic carbocycles. The lowest BCUT2D eigenvalue weighted by Gasteiger charge is -2.20. The molecule has 1 N–H and O–H groups in total. The molecule has 1 amide bonds. The average molecular weight is 287 g/mol. The molecule has 21 heavy (non-hydrogen) atoms. The molecular weight excluding hydrogens is 266 g/mol. The van der Waals surface area contributed by atoms with E-state index in [4.69, 9.17) is 0 Å². The highest BCUT2D eigenvalue weighted by Crippen LogP contribution is 2.16. The van der Waals surface area contributed by atoms with Gasteiger partial charge in [0, 0.05) is 45.8 Å². The Morgan fingerprint density at radius 3 is 2.86 bits per heavy atom. The minimum atomic E-state index is -0.115. The van der Waals surface area contributed by atoms with E-state index in [9.17, 15) is 4.79 Å². The minimum absolute atomic E-state index is 0.115. The largest absolute Gasteiger partial charge is 0.359 e. The van der Waals surface area contributed by atoms with Crippen molar-refractivity contribution < 1.29 is 4.79 Å². The quantitative estimate of drug-likeness (QED) is 0.874. The molecule has 0 aliphatic rings. The van der Waals surface area contributed by atoms with Gasteiger partial charge < -0.3 is 14.8 Å². The number of carbonyl (C=O) groups excluding carboxylic acids is 1. The van der Waals surface area contributed by atoms with Crippen LogP contribution in [-0.4, -0.2) is 41.1 Å². The molecule has 0 spiro atoms. The monoisotopic (exact) mass is 287 g/mol. The number of rotatable bonds is 6. The lowest BCUT2D eigenvalue weighted by molar-refractivity contribution is 0.0963. The van der Waals surface area contributed by atoms with E-state index in [0.717, 1.165) is 25.3 Å². The first kappa shape index (κ1) is 15.0. The van der Waals surface area contributed by atoms with Crippen molar-refractivity contribution in [3.05, 3.63) is 42.1 Å². The van der Waals surface area contributed by atoms with Gasteiger partial charge in [-0.15, -0.1) is 0 Å². The van der Waals surface area contributed by atoms with Crippen LogP contribution in [0.25, 0.3) is 0 Å². The van der Waals surface area contributed by atoms with E-state index >= 15 is 0 Å². The summed E-state index contributed by atoms with van der Waals surface area (Å²) < 4.78 is 2.12. The Morgan fingerprint density at radius 1 is 1.38 bits per heavy atom. The number of hydrogen-bond donors (Lipinski definition) is 1. The van der Waals surface area contributed by atoms with E-state index in [-0.39, 0.29) is 5.91 Å². The zero-order chi connectivity index (χ0) is 15.2. The zero-order valence-corrected chi connectivity index (χ0v) is 12.7. The standard InChI is InChI=1S/C15H21N5O/c1-12-17-8-11-20(12)10-5-9-19(3)14-13(15(21)16-2)6-4-7-18-14/h4,6-8,11H,5,9-10H2,1-3H3,(H,16,21). The molecule has 112 valence electrons. The molecule has 6 nitrogen and oxygen atoms in total. The Kier molecular flexibility index (Phi) is 4.92. The van der Waals surface area contributed by atoms with Crippen molar-refractivity contribution in [1.29, 1.82) is 0 Å². The fourth-order valence-corrected chi connectivity index (χ4v) is 2.24. The topological polar surface area (TPSA) is 63.1 Å². The van der Waals surface area contributed by atoms with Crippen LogP contribution in [0.15, 0.2) is 30.7 Å². The van der Waals surface area contributed by atoms with E-state index < -0.39 is 0 Å². The summed E-state index contributed by atoms with van der Waals surface area (Å²) in [6.45, 7) is 3.71. The first-order valence-corrected chi connectivity index (χ1v) is 6.99. The Morgan fingerprint density at radius 2 is 2.19 bits per heavy atom. The second-order valence-electron chi connectivity index (χ2n) is 4.90. The van der Waals surface area contributed by atoms with Gasteiger partial charge in [-0.2, -0.15) is 0 Å². The second kappa shape index (κ2) is 6.88. The van der Waals surface area contributed by atoms with E-state index in [0.29, 0.717) is 11.4 Å². The smallest absolute Gasteiger partial charge is 0.254 e. The number of carbonyl (C=O) groups is 1. The first-order chi connectivity index (χ1) is 10.1. The molecule has 0 saturated carbocycles. The second-order valence-corrected chi connectivity index (χ2v) is 4.90. The molecule has 0 saturated heterocycles. The third-order valence-electron chi connectivity index (χ3n) is 3.44. The van der Waals surface area contributed by atoms with E-state index in [1.165, 1.54) is 0 Å². The highest BCUT2D eigenvalue weighted by Gasteiger charge is 2.13. The highest BCUT2D eigenvalue weighted by atomic mass is 16.1. The van der Waals surface area contributed by atoms with E-state index in [2.05, 4.69) is 19.9 Å². The first-order valence-electron chi connectivity index (χ1n) is 6.99. The SMILES string of the molecule is CNC(=O)c1cccnc1N(C)CCCn1ccnc1C. The number of anilines is 1. The number of hydrogen-bond acceptors (Lipinski definition) is 4. The van der Waals surface area contributed by atoms with Gasteiger partial charge in [0.25, 0.3) is 5.91 Å². The molecule has 0 radical (unpaired) electrons. The van der Waals surface area contributed by atoms with E-state index in [1.807, 2.05) is 31.3 Å². The van der Waals surface area contributed by atoms with Crippen LogP contribution in [0.1, 0.15) is 22.6 Å². The van der Waals surface area contributed by atoms with Crippen LogP contribution < -0.4 is 10.2 Å². The summed E-state index contributed by atoms with van der Waals surface area (Å²) in [4.78, 5) is 22.4. The maximum Gasteiger partial charge on any atom is 0.254 e. The average Bonchev–Trinajstić information content (AvgIpc) is 2.91. The van der Waals surface area contributed by atoms with Crippen molar-refractivity contribution in [2.24, 2.45) is 0 Å². The normalized spacial score (nSPS) is 10.4. The number of nitrogens with one attached hydrogen (secondary N) is 1. The lowest BCUT2D eigenvalue weighted by atomic mass is 10.2. The van der Waals surface area contributed by atoms with Gasteiger partial charge in [-0.05, 0) is 25.5 Å². The van der Waals surface area contributed by atoms with Crippen LogP contribution in [0.2, 0.25) is 0 Å². The van der Waals surface area contributed by atoms with Gasteiger partial charge in [0.2, 0.25) is 0 Å². The summed E-state index contributed by atoms with van der Waals surface area (Å²) in [6, 6.07) is 3.56. The summed E-state index contributed by atoms with van der Waals surface area (Å²) in [7, 11) is 3.58. The van der Waals surface area contributed by atoms with Gasteiger partial charge in [-0.3, -0.25) is 4.79 Å². The summed E-state index contributed by atoms with van der Waals surface area (Å²) in [5.41, 5.74) is 0.598. The van der Waals surface area contributed by atoms with Crippen LogP contribution in [-0.2, 0) is 6.54 Å². The number of pyridine rings is 1. The van der Waals surface area contributed by atoms with Crippen molar-refractivity contribution >= 4 is 11.7 Å². The molecule has 0 aliphatic heterocycles. The minimum Gasteiger partial charge on any atom is -0.359 e. The van der Waals surface area contributed by atoms with Gasteiger partial charge in [0.05, 0.1) is 5.56 Å². The fraction of sp³-hybridized carbons (Fsp3) is 0.400. The van der Waals surface area contributed by atoms with Crippen molar-refractivity contribution in [2.45, 2.75) is 19.9 Å². The van der Waals surface area contributed by atoms with Gasteiger partial charge in [0.15, 0.2) is 0 Å². The molecule has 2 aromatic heterocycles. The fourth-order valence-electron chi connectivity index (χ4n) is 2.24. The molecule has 2 rings (SSSR count). The Balaban J connectivity index is 1.99. The van der Waals surface area contributed by atoms with Crippen LogP contribution >= 0.6 is 0 Å². The summed E-state index contributed by atoms with van der Waals surface area (Å²) in [6.07, 6.45) is 6.45. The third kappa shape index (κ3) is 3.59. The van der Waals surface area contributed by atoms with Crippen molar-refractivity contribution in [2.75, 3.05) is 25.5 Å². The van der Waals surface area contributed by atoms with Gasteiger partial charge >= 0.3 is 0 Å². The molecule has 0 atom stereocenters. The van der Waals surface area contributed by atoms with Crippen molar-refractivity contribution in [1.82, 2.24) is 19.9 Å². The number of aryl methyl sites for hydroxylation is 2. The van der Waals surface area contributed by atoms with Crippen molar-refractivity contribution in [3.8, 4) is 0 Å². The van der Waals surface area contributed by atoms with Crippen LogP contribution in [0.5, 0.6) is 0 Å². The molecular formula is C15H21N5O. The maximum atomic E-state index is 11.9. The van der Waals surface area contributed by atoms with Gasteiger partial charge in [0.1, 0.15) is 11.6 Å². The number of imidazole rings is 1. The predicted molar refractivity (Wildman–Crippen MR) is 82.5 cm³/mol. The third-order valence-corrected chi connectivity index (χ3v) is 3.44. The Bertz CT molecular complexity index is 608. The maximum absolute atomic E-state index is 11.9. The summed E-state index contributed by atoms with van der Waals surface area (Å²) in [5.74, 6) is 1.61. The molecule has 0 aromatic carbocycles. The summed E-state index contributed by atoms with van der Waals surface area (Å²) in [5, 5.41) is 2.64. The van der Waals surface area contributed by atoms with Crippen molar-refractivity contribution in [3.63, 3.8) is 0 Å². The molecule has 0 fully saturated rings. The zero-order valence-electron chi connectivity index (χ0n) is 12.7. The van der Waals surface area contributed by atoms with Crippen LogP contribution in [0.4, 0.5) is 5.82 Å². The molecule has 0 unspecified atom stereocenters. The number of aromatic nitrogens is 3. The lowest BCUT2D eigenvalue weighted by Crippen LogP contribution is -2.26. The Hall–Kier alpha value is -2.37. The van der Waals surface area contributed by atoms with Crippen LogP contribution in [0, 0.1) is 6.92 Å². The van der Waals surface area contributed by atoms with Gasteiger partial charge in [-0.1, -0.05) is 0 Å².